The second-order valence-electron chi connectivity index (χ2n) is 5.82. The van der Waals surface area contributed by atoms with Crippen LogP contribution in [-0.2, 0) is 0 Å². The van der Waals surface area contributed by atoms with Crippen LogP contribution in [0.4, 0.5) is 0 Å². The molecule has 0 aliphatic carbocycles. The van der Waals surface area contributed by atoms with Crippen molar-refractivity contribution >= 4 is 16.9 Å². The topological polar surface area (TPSA) is 50.2 Å². The molecule has 0 radical (unpaired) electrons. The van der Waals surface area contributed by atoms with Crippen LogP contribution < -0.4 is 0 Å². The number of rotatable bonds is 3. The Balaban J connectivity index is 1.96. The first-order chi connectivity index (χ1) is 12.2. The third-order valence-corrected chi connectivity index (χ3v) is 4.22. The molecular weight excluding hydrogens is 310 g/mol. The summed E-state index contributed by atoms with van der Waals surface area (Å²) in [6, 6.07) is 27.0. The molecule has 3 nitrogen and oxygen atoms in total. The molecular formula is C22H15NO2. The predicted octanol–water partition coefficient (Wildman–Crippen LogP) is 5.27. The molecule has 1 aromatic heterocycles. The van der Waals surface area contributed by atoms with Crippen LogP contribution in [0.2, 0.25) is 0 Å². The first-order valence-corrected chi connectivity index (χ1v) is 8.01. The molecule has 3 aromatic carbocycles. The van der Waals surface area contributed by atoms with Crippen molar-refractivity contribution in [3.05, 3.63) is 90.5 Å². The molecule has 0 amide bonds. The van der Waals surface area contributed by atoms with Crippen LogP contribution in [0.3, 0.4) is 0 Å². The van der Waals surface area contributed by atoms with Crippen molar-refractivity contribution in [2.24, 2.45) is 0 Å². The van der Waals surface area contributed by atoms with Gasteiger partial charge in [-0.1, -0.05) is 72.8 Å². The van der Waals surface area contributed by atoms with Gasteiger partial charge in [0.25, 0.3) is 0 Å². The fourth-order valence-corrected chi connectivity index (χ4v) is 2.97. The number of carboxylic acid groups (broad SMARTS) is 1. The van der Waals surface area contributed by atoms with Gasteiger partial charge in [0.2, 0.25) is 0 Å². The van der Waals surface area contributed by atoms with E-state index in [-0.39, 0.29) is 5.56 Å². The predicted molar refractivity (Wildman–Crippen MR) is 99.6 cm³/mol. The molecule has 1 heterocycles. The highest BCUT2D eigenvalue weighted by molar-refractivity contribution is 6.04. The monoisotopic (exact) mass is 325 g/mol. The first-order valence-electron chi connectivity index (χ1n) is 8.01. The highest BCUT2D eigenvalue weighted by atomic mass is 16.4. The molecule has 0 atom stereocenters. The Kier molecular flexibility index (Phi) is 3.75. The zero-order valence-corrected chi connectivity index (χ0v) is 13.4. The molecule has 0 saturated carbocycles. The number of hydrogen-bond donors (Lipinski definition) is 1. The van der Waals surface area contributed by atoms with E-state index in [1.165, 1.54) is 0 Å². The quantitative estimate of drug-likeness (QED) is 0.558. The first kappa shape index (κ1) is 15.1. The van der Waals surface area contributed by atoms with Gasteiger partial charge in [0.1, 0.15) is 0 Å². The number of aromatic carboxylic acids is 1. The van der Waals surface area contributed by atoms with Crippen molar-refractivity contribution in [2.45, 2.75) is 0 Å². The Labute approximate surface area is 145 Å². The maximum Gasteiger partial charge on any atom is 0.336 e. The third kappa shape index (κ3) is 2.88. The number of fused-ring (bicyclic) bond motifs is 1. The van der Waals surface area contributed by atoms with Gasteiger partial charge in [-0.3, -0.25) is 0 Å². The summed E-state index contributed by atoms with van der Waals surface area (Å²) in [6.07, 6.45) is 0. The lowest BCUT2D eigenvalue weighted by molar-refractivity contribution is 0.0699. The second-order valence-corrected chi connectivity index (χ2v) is 5.82. The standard InChI is InChI=1S/C22H15NO2/c24-22(25)19-14-20(16-9-5-2-6-10-16)23-21-13-17(11-12-18(19)21)15-7-3-1-4-8-15/h1-14H,(H,24,25). The smallest absolute Gasteiger partial charge is 0.336 e. The Morgan fingerprint density at radius 3 is 2.00 bits per heavy atom. The SMILES string of the molecule is O=C(O)c1cc(-c2ccccc2)nc2cc(-c3ccccc3)ccc12. The van der Waals surface area contributed by atoms with Crippen molar-refractivity contribution < 1.29 is 9.90 Å². The van der Waals surface area contributed by atoms with Gasteiger partial charge in [-0.25, -0.2) is 9.78 Å². The Hall–Kier alpha value is -3.46. The van der Waals surface area contributed by atoms with Gasteiger partial charge in [0.15, 0.2) is 0 Å². The number of carbonyl (C=O) groups is 1. The fourth-order valence-electron chi connectivity index (χ4n) is 2.97. The number of hydrogen-bond acceptors (Lipinski definition) is 2. The van der Waals surface area contributed by atoms with E-state index >= 15 is 0 Å². The van der Waals surface area contributed by atoms with E-state index in [2.05, 4.69) is 0 Å². The molecule has 0 aliphatic rings. The lowest BCUT2D eigenvalue weighted by Crippen LogP contribution is -2.00. The molecule has 25 heavy (non-hydrogen) atoms. The lowest BCUT2D eigenvalue weighted by atomic mass is 10.00. The summed E-state index contributed by atoms with van der Waals surface area (Å²) in [5, 5.41) is 10.3. The number of benzene rings is 3. The molecule has 4 rings (SSSR count). The zero-order chi connectivity index (χ0) is 17.2. The van der Waals surface area contributed by atoms with Crippen molar-refractivity contribution in [3.63, 3.8) is 0 Å². The second kappa shape index (κ2) is 6.21. The van der Waals surface area contributed by atoms with E-state index in [0.29, 0.717) is 16.6 Å². The van der Waals surface area contributed by atoms with Crippen LogP contribution >= 0.6 is 0 Å². The minimum atomic E-state index is -0.947. The Morgan fingerprint density at radius 2 is 1.36 bits per heavy atom. The van der Waals surface area contributed by atoms with Crippen LogP contribution in [-0.4, -0.2) is 16.1 Å². The Morgan fingerprint density at radius 1 is 0.720 bits per heavy atom. The zero-order valence-electron chi connectivity index (χ0n) is 13.4. The molecule has 3 heteroatoms. The number of pyridine rings is 1. The van der Waals surface area contributed by atoms with Crippen LogP contribution in [0.25, 0.3) is 33.3 Å². The summed E-state index contributed by atoms with van der Waals surface area (Å²) in [5.74, 6) is -0.947. The maximum absolute atomic E-state index is 11.7. The van der Waals surface area contributed by atoms with Gasteiger partial charge in [-0.15, -0.1) is 0 Å². The number of aromatic nitrogens is 1. The Bertz CT molecular complexity index is 1050. The number of nitrogens with zero attached hydrogens (tertiary/aromatic N) is 1. The molecule has 0 unspecified atom stereocenters. The molecule has 0 fully saturated rings. The van der Waals surface area contributed by atoms with E-state index in [4.69, 9.17) is 4.98 Å². The lowest BCUT2D eigenvalue weighted by Gasteiger charge is -2.09. The minimum absolute atomic E-state index is 0.267. The highest BCUT2D eigenvalue weighted by Crippen LogP contribution is 2.28. The average molecular weight is 325 g/mol. The molecule has 0 bridgehead atoms. The van der Waals surface area contributed by atoms with Gasteiger partial charge < -0.3 is 5.11 Å². The molecule has 0 saturated heterocycles. The van der Waals surface area contributed by atoms with Crippen molar-refractivity contribution in [1.82, 2.24) is 4.98 Å². The molecule has 120 valence electrons. The minimum Gasteiger partial charge on any atom is -0.478 e. The van der Waals surface area contributed by atoms with E-state index in [1.807, 2.05) is 78.9 Å². The van der Waals surface area contributed by atoms with E-state index in [9.17, 15) is 9.90 Å². The summed E-state index contributed by atoms with van der Waals surface area (Å²) < 4.78 is 0. The van der Waals surface area contributed by atoms with Gasteiger partial charge in [-0.2, -0.15) is 0 Å². The van der Waals surface area contributed by atoms with E-state index in [0.717, 1.165) is 16.7 Å². The maximum atomic E-state index is 11.7. The molecule has 4 aromatic rings. The van der Waals surface area contributed by atoms with E-state index in [1.54, 1.807) is 6.07 Å². The van der Waals surface area contributed by atoms with Crippen LogP contribution in [0, 0.1) is 0 Å². The number of carboxylic acids is 1. The fraction of sp³-hybridized carbons (Fsp3) is 0. The van der Waals surface area contributed by atoms with Crippen molar-refractivity contribution in [1.29, 1.82) is 0 Å². The normalized spacial score (nSPS) is 10.7. The highest BCUT2D eigenvalue weighted by Gasteiger charge is 2.13. The average Bonchev–Trinajstić information content (AvgIpc) is 2.68. The largest absolute Gasteiger partial charge is 0.478 e. The summed E-state index contributed by atoms with van der Waals surface area (Å²) in [5.41, 5.74) is 4.60. The third-order valence-electron chi connectivity index (χ3n) is 4.22. The van der Waals surface area contributed by atoms with Crippen molar-refractivity contribution in [2.75, 3.05) is 0 Å². The molecule has 1 N–H and O–H groups in total. The van der Waals surface area contributed by atoms with Crippen molar-refractivity contribution in [3.8, 4) is 22.4 Å². The molecule has 0 spiro atoms. The van der Waals surface area contributed by atoms with Gasteiger partial charge in [-0.05, 0) is 23.3 Å². The van der Waals surface area contributed by atoms with Gasteiger partial charge >= 0.3 is 5.97 Å². The summed E-state index contributed by atoms with van der Waals surface area (Å²) in [4.78, 5) is 16.4. The van der Waals surface area contributed by atoms with Gasteiger partial charge in [0.05, 0.1) is 16.8 Å². The summed E-state index contributed by atoms with van der Waals surface area (Å²) >= 11 is 0. The van der Waals surface area contributed by atoms with Crippen LogP contribution in [0.5, 0.6) is 0 Å². The van der Waals surface area contributed by atoms with Crippen LogP contribution in [0.1, 0.15) is 10.4 Å². The van der Waals surface area contributed by atoms with E-state index < -0.39 is 5.97 Å². The van der Waals surface area contributed by atoms with Gasteiger partial charge in [0, 0.05) is 10.9 Å². The summed E-state index contributed by atoms with van der Waals surface area (Å²) in [7, 11) is 0. The van der Waals surface area contributed by atoms with Crippen LogP contribution in [0.15, 0.2) is 84.9 Å². The summed E-state index contributed by atoms with van der Waals surface area (Å²) in [6.45, 7) is 0. The molecule has 0 aliphatic heterocycles.